The highest BCUT2D eigenvalue weighted by atomic mass is 79.9. The molecule has 21 heavy (non-hydrogen) atoms. The summed E-state index contributed by atoms with van der Waals surface area (Å²) in [5.41, 5.74) is 0.111. The molecule has 1 aromatic carbocycles. The number of carbonyl (C=O) groups is 2. The fourth-order valence-electron chi connectivity index (χ4n) is 1.54. The van der Waals surface area contributed by atoms with Gasteiger partial charge in [-0.15, -0.1) is 0 Å². The molecule has 0 radical (unpaired) electrons. The van der Waals surface area contributed by atoms with E-state index < -0.39 is 16.9 Å². The zero-order valence-corrected chi connectivity index (χ0v) is 12.7. The Kier molecular flexibility index (Phi) is 6.10. The highest BCUT2D eigenvalue weighted by Gasteiger charge is 2.14. The molecule has 0 aliphatic heterocycles. The molecule has 0 saturated heterocycles. The second kappa shape index (κ2) is 7.58. The van der Waals surface area contributed by atoms with Gasteiger partial charge in [-0.05, 0) is 34.0 Å². The van der Waals surface area contributed by atoms with Crippen molar-refractivity contribution in [3.8, 4) is 0 Å². The quantitative estimate of drug-likeness (QED) is 0.532. The number of nitro groups is 1. The summed E-state index contributed by atoms with van der Waals surface area (Å²) in [6.45, 7) is 1.88. The molecule has 9 heteroatoms. The Balaban J connectivity index is 2.57. The molecule has 0 saturated carbocycles. The Bertz CT molecular complexity index is 564. The Morgan fingerprint density at radius 2 is 2.14 bits per heavy atom. The third-order valence-corrected chi connectivity index (χ3v) is 3.21. The number of urea groups is 1. The number of amides is 2. The van der Waals surface area contributed by atoms with Crippen LogP contribution in [0.1, 0.15) is 13.3 Å². The van der Waals surface area contributed by atoms with E-state index in [-0.39, 0.29) is 30.3 Å². The maximum atomic E-state index is 11.6. The van der Waals surface area contributed by atoms with Crippen molar-refractivity contribution >= 4 is 39.3 Å². The number of carboxylic acid groups (broad SMARTS) is 1. The van der Waals surface area contributed by atoms with E-state index >= 15 is 0 Å². The van der Waals surface area contributed by atoms with Crippen LogP contribution < -0.4 is 10.6 Å². The van der Waals surface area contributed by atoms with Crippen LogP contribution in [0.25, 0.3) is 0 Å². The normalized spacial score (nSPS) is 11.5. The maximum Gasteiger partial charge on any atom is 0.319 e. The molecule has 114 valence electrons. The SMILES string of the molecule is CC(CNC(=O)Nc1ccc(Br)c([N+](=O)[O-])c1)CC(=O)O. The number of nitrogens with one attached hydrogen (secondary N) is 2. The Labute approximate surface area is 128 Å². The van der Waals surface area contributed by atoms with Gasteiger partial charge in [-0.3, -0.25) is 14.9 Å². The number of nitro benzene ring substituents is 1. The number of rotatable bonds is 6. The van der Waals surface area contributed by atoms with Gasteiger partial charge in [-0.1, -0.05) is 6.92 Å². The van der Waals surface area contributed by atoms with Crippen molar-refractivity contribution in [2.24, 2.45) is 5.92 Å². The van der Waals surface area contributed by atoms with Crippen LogP contribution in [0, 0.1) is 16.0 Å². The molecule has 8 nitrogen and oxygen atoms in total. The van der Waals surface area contributed by atoms with Gasteiger partial charge in [-0.25, -0.2) is 4.79 Å². The highest BCUT2D eigenvalue weighted by molar-refractivity contribution is 9.10. The predicted octanol–water partition coefficient (Wildman–Crippen LogP) is 2.59. The average molecular weight is 360 g/mol. The Morgan fingerprint density at radius 3 is 2.71 bits per heavy atom. The first-order valence-electron chi connectivity index (χ1n) is 6.00. The number of halogens is 1. The average Bonchev–Trinajstić information content (AvgIpc) is 2.37. The second-order valence-corrected chi connectivity index (χ2v) is 5.32. The van der Waals surface area contributed by atoms with Gasteiger partial charge in [0.2, 0.25) is 0 Å². The molecule has 0 bridgehead atoms. The summed E-state index contributed by atoms with van der Waals surface area (Å²) < 4.78 is 0.313. The fraction of sp³-hybridized carbons (Fsp3) is 0.333. The number of aliphatic carboxylic acids is 1. The Hall–Kier alpha value is -2.16. The molecule has 2 amide bonds. The standard InChI is InChI=1S/C12H14BrN3O5/c1-7(4-11(17)18)6-14-12(19)15-8-2-3-9(13)10(5-8)16(20)21/h2-3,5,7H,4,6H2,1H3,(H,17,18)(H2,14,15,19). The van der Waals surface area contributed by atoms with Gasteiger partial charge in [0.1, 0.15) is 0 Å². The molecule has 1 atom stereocenters. The third-order valence-electron chi connectivity index (χ3n) is 2.53. The number of hydrogen-bond acceptors (Lipinski definition) is 4. The van der Waals surface area contributed by atoms with E-state index in [0.29, 0.717) is 4.47 Å². The maximum absolute atomic E-state index is 11.6. The summed E-state index contributed by atoms with van der Waals surface area (Å²) in [7, 11) is 0. The van der Waals surface area contributed by atoms with Crippen LogP contribution in [0.3, 0.4) is 0 Å². The van der Waals surface area contributed by atoms with Crippen molar-refractivity contribution in [2.45, 2.75) is 13.3 Å². The lowest BCUT2D eigenvalue weighted by Crippen LogP contribution is -2.33. The zero-order valence-electron chi connectivity index (χ0n) is 11.1. The lowest BCUT2D eigenvalue weighted by Gasteiger charge is -2.11. The van der Waals surface area contributed by atoms with E-state index in [1.54, 1.807) is 6.92 Å². The molecule has 1 rings (SSSR count). The van der Waals surface area contributed by atoms with E-state index in [1.807, 2.05) is 0 Å². The van der Waals surface area contributed by atoms with Gasteiger partial charge in [0.15, 0.2) is 0 Å². The summed E-state index contributed by atoms with van der Waals surface area (Å²) in [6, 6.07) is 3.64. The van der Waals surface area contributed by atoms with Crippen LogP contribution >= 0.6 is 15.9 Å². The van der Waals surface area contributed by atoms with Crippen LogP contribution in [0.5, 0.6) is 0 Å². The summed E-state index contributed by atoms with van der Waals surface area (Å²) in [5, 5.41) is 24.3. The highest BCUT2D eigenvalue weighted by Crippen LogP contribution is 2.27. The minimum atomic E-state index is -0.937. The monoisotopic (exact) mass is 359 g/mol. The van der Waals surface area contributed by atoms with Crippen molar-refractivity contribution in [3.63, 3.8) is 0 Å². The van der Waals surface area contributed by atoms with Gasteiger partial charge in [-0.2, -0.15) is 0 Å². The fourth-order valence-corrected chi connectivity index (χ4v) is 1.93. The topological polar surface area (TPSA) is 122 Å². The summed E-state index contributed by atoms with van der Waals surface area (Å²) in [5.74, 6) is -1.15. The smallest absolute Gasteiger partial charge is 0.319 e. The molecular weight excluding hydrogens is 346 g/mol. The summed E-state index contributed by atoms with van der Waals surface area (Å²) in [4.78, 5) is 32.3. The first-order chi connectivity index (χ1) is 9.79. The van der Waals surface area contributed by atoms with Crippen molar-refractivity contribution in [3.05, 3.63) is 32.8 Å². The van der Waals surface area contributed by atoms with Crippen LogP contribution in [-0.2, 0) is 4.79 Å². The van der Waals surface area contributed by atoms with E-state index in [0.717, 1.165) is 0 Å². The van der Waals surface area contributed by atoms with Gasteiger partial charge in [0.25, 0.3) is 5.69 Å². The minimum absolute atomic E-state index is 0.0516. The van der Waals surface area contributed by atoms with Gasteiger partial charge in [0.05, 0.1) is 9.40 Å². The van der Waals surface area contributed by atoms with Crippen molar-refractivity contribution in [1.29, 1.82) is 0 Å². The molecule has 0 heterocycles. The number of hydrogen-bond donors (Lipinski definition) is 3. The lowest BCUT2D eigenvalue weighted by molar-refractivity contribution is -0.385. The molecule has 1 unspecified atom stereocenters. The van der Waals surface area contributed by atoms with E-state index in [4.69, 9.17) is 5.11 Å². The number of anilines is 1. The van der Waals surface area contributed by atoms with E-state index in [1.165, 1.54) is 18.2 Å². The number of carbonyl (C=O) groups excluding carboxylic acids is 1. The first kappa shape index (κ1) is 16.9. The summed E-state index contributed by atoms with van der Waals surface area (Å²) in [6.07, 6.45) is -0.0516. The van der Waals surface area contributed by atoms with Gasteiger partial charge in [0, 0.05) is 24.7 Å². The molecule has 0 aromatic heterocycles. The largest absolute Gasteiger partial charge is 0.481 e. The molecule has 0 spiro atoms. The van der Waals surface area contributed by atoms with Crippen LogP contribution in [0.2, 0.25) is 0 Å². The Morgan fingerprint density at radius 1 is 1.48 bits per heavy atom. The van der Waals surface area contributed by atoms with Crippen molar-refractivity contribution in [1.82, 2.24) is 5.32 Å². The van der Waals surface area contributed by atoms with Gasteiger partial charge < -0.3 is 15.7 Å². The van der Waals surface area contributed by atoms with Crippen LogP contribution in [-0.4, -0.2) is 28.6 Å². The molecular formula is C12H14BrN3O5. The van der Waals surface area contributed by atoms with Crippen LogP contribution in [0.4, 0.5) is 16.2 Å². The lowest BCUT2D eigenvalue weighted by atomic mass is 10.1. The van der Waals surface area contributed by atoms with Gasteiger partial charge >= 0.3 is 12.0 Å². The number of benzene rings is 1. The summed E-state index contributed by atoms with van der Waals surface area (Å²) >= 11 is 3.04. The van der Waals surface area contributed by atoms with E-state index in [2.05, 4.69) is 26.6 Å². The molecule has 3 N–H and O–H groups in total. The van der Waals surface area contributed by atoms with E-state index in [9.17, 15) is 19.7 Å². The zero-order chi connectivity index (χ0) is 16.0. The third kappa shape index (κ3) is 5.78. The van der Waals surface area contributed by atoms with Crippen molar-refractivity contribution in [2.75, 3.05) is 11.9 Å². The molecule has 0 aliphatic rings. The van der Waals surface area contributed by atoms with Crippen molar-refractivity contribution < 1.29 is 19.6 Å². The minimum Gasteiger partial charge on any atom is -0.481 e. The number of nitrogens with zero attached hydrogens (tertiary/aromatic N) is 1. The molecule has 0 aliphatic carbocycles. The number of carboxylic acids is 1. The predicted molar refractivity (Wildman–Crippen MR) is 79.2 cm³/mol. The first-order valence-corrected chi connectivity index (χ1v) is 6.79. The molecule has 0 fully saturated rings. The molecule has 1 aromatic rings. The van der Waals surface area contributed by atoms with Crippen LogP contribution in [0.15, 0.2) is 22.7 Å². The second-order valence-electron chi connectivity index (χ2n) is 4.46.